The molecule has 0 amide bonds. The van der Waals surface area contributed by atoms with Crippen molar-refractivity contribution in [3.8, 4) is 0 Å². The highest BCUT2D eigenvalue weighted by atomic mass is 19.1. The van der Waals surface area contributed by atoms with Crippen LogP contribution in [0.3, 0.4) is 0 Å². The van der Waals surface area contributed by atoms with Crippen LogP contribution < -0.4 is 5.32 Å². The lowest BCUT2D eigenvalue weighted by Gasteiger charge is -2.14. The monoisotopic (exact) mass is 293 g/mol. The van der Waals surface area contributed by atoms with Gasteiger partial charge < -0.3 is 10.4 Å². The van der Waals surface area contributed by atoms with E-state index in [0.29, 0.717) is 11.3 Å². The molecule has 3 aromatic carbocycles. The lowest BCUT2D eigenvalue weighted by Crippen LogP contribution is -2.02. The first-order valence-corrected chi connectivity index (χ1v) is 7.08. The third kappa shape index (κ3) is 3.15. The Balaban J connectivity index is 1.90. The molecule has 3 rings (SSSR count). The van der Waals surface area contributed by atoms with E-state index in [1.165, 1.54) is 6.07 Å². The molecule has 0 spiro atoms. The summed E-state index contributed by atoms with van der Waals surface area (Å²) in [7, 11) is 0. The second-order valence-corrected chi connectivity index (χ2v) is 5.04. The Morgan fingerprint density at radius 3 is 2.09 bits per heavy atom. The second-order valence-electron chi connectivity index (χ2n) is 5.04. The van der Waals surface area contributed by atoms with Gasteiger partial charge >= 0.3 is 0 Å². The molecule has 3 aromatic rings. The van der Waals surface area contributed by atoms with E-state index in [2.05, 4.69) is 5.32 Å². The Kier molecular flexibility index (Phi) is 4.17. The first-order valence-electron chi connectivity index (χ1n) is 7.08. The molecular formula is C19H16FNO. The summed E-state index contributed by atoms with van der Waals surface area (Å²) in [6, 6.07) is 23.3. The van der Waals surface area contributed by atoms with Crippen molar-refractivity contribution in [3.05, 3.63) is 95.8 Å². The van der Waals surface area contributed by atoms with E-state index >= 15 is 0 Å². The third-order valence-corrected chi connectivity index (χ3v) is 3.47. The van der Waals surface area contributed by atoms with E-state index in [1.54, 1.807) is 12.1 Å². The van der Waals surface area contributed by atoms with Crippen molar-refractivity contribution in [3.63, 3.8) is 0 Å². The zero-order valence-corrected chi connectivity index (χ0v) is 11.9. The van der Waals surface area contributed by atoms with Crippen LogP contribution in [0.5, 0.6) is 0 Å². The Morgan fingerprint density at radius 2 is 1.41 bits per heavy atom. The molecule has 2 nitrogen and oxygen atoms in total. The highest BCUT2D eigenvalue weighted by molar-refractivity contribution is 5.61. The first kappa shape index (κ1) is 14.3. The molecule has 0 aliphatic heterocycles. The number of para-hydroxylation sites is 1. The SMILES string of the molecule is OC(c1ccccc1)c1ccc(F)c(Nc2ccccc2)c1. The lowest BCUT2D eigenvalue weighted by molar-refractivity contribution is 0.220. The normalized spacial score (nSPS) is 11.9. The zero-order chi connectivity index (χ0) is 15.4. The molecule has 110 valence electrons. The summed E-state index contributed by atoms with van der Waals surface area (Å²) in [5.74, 6) is -0.354. The van der Waals surface area contributed by atoms with E-state index in [4.69, 9.17) is 0 Å². The minimum Gasteiger partial charge on any atom is -0.384 e. The fourth-order valence-electron chi connectivity index (χ4n) is 2.31. The van der Waals surface area contributed by atoms with Gasteiger partial charge in [0.15, 0.2) is 0 Å². The van der Waals surface area contributed by atoms with Crippen molar-refractivity contribution < 1.29 is 9.50 Å². The minimum absolute atomic E-state index is 0.346. The molecule has 0 fully saturated rings. The first-order chi connectivity index (χ1) is 10.7. The summed E-state index contributed by atoms with van der Waals surface area (Å²) in [4.78, 5) is 0. The average Bonchev–Trinajstić information content (AvgIpc) is 2.58. The molecule has 0 aromatic heterocycles. The number of halogens is 1. The van der Waals surface area contributed by atoms with Crippen LogP contribution >= 0.6 is 0 Å². The molecule has 0 saturated carbocycles. The summed E-state index contributed by atoms with van der Waals surface area (Å²) in [5, 5.41) is 13.5. The van der Waals surface area contributed by atoms with Crippen LogP contribution in [0.15, 0.2) is 78.9 Å². The van der Waals surface area contributed by atoms with Gasteiger partial charge in [-0.25, -0.2) is 4.39 Å². The van der Waals surface area contributed by atoms with Crippen LogP contribution in [0.4, 0.5) is 15.8 Å². The summed E-state index contributed by atoms with van der Waals surface area (Å²) in [6.45, 7) is 0. The molecule has 22 heavy (non-hydrogen) atoms. The lowest BCUT2D eigenvalue weighted by atomic mass is 10.0. The number of aliphatic hydroxyl groups excluding tert-OH is 1. The quantitative estimate of drug-likeness (QED) is 0.734. The third-order valence-electron chi connectivity index (χ3n) is 3.47. The summed E-state index contributed by atoms with van der Waals surface area (Å²) < 4.78 is 14.0. The Labute approximate surface area is 128 Å². The van der Waals surface area contributed by atoms with E-state index in [-0.39, 0.29) is 5.82 Å². The van der Waals surface area contributed by atoms with Crippen molar-refractivity contribution in [2.75, 3.05) is 5.32 Å². The Morgan fingerprint density at radius 1 is 0.773 bits per heavy atom. The molecule has 1 unspecified atom stereocenters. The van der Waals surface area contributed by atoms with E-state index in [9.17, 15) is 9.50 Å². The topological polar surface area (TPSA) is 32.3 Å². The highest BCUT2D eigenvalue weighted by Crippen LogP contribution is 2.27. The molecule has 0 aliphatic carbocycles. The second kappa shape index (κ2) is 6.41. The Bertz CT molecular complexity index is 744. The standard InChI is InChI=1S/C19H16FNO/c20-17-12-11-15(19(22)14-7-3-1-4-8-14)13-18(17)21-16-9-5-2-6-10-16/h1-13,19,21-22H. The van der Waals surface area contributed by atoms with Gasteiger partial charge in [0.2, 0.25) is 0 Å². The summed E-state index contributed by atoms with van der Waals surface area (Å²) in [5.41, 5.74) is 2.57. The van der Waals surface area contributed by atoms with Crippen LogP contribution in [-0.2, 0) is 0 Å². The van der Waals surface area contributed by atoms with Crippen molar-refractivity contribution in [1.29, 1.82) is 0 Å². The van der Waals surface area contributed by atoms with Gasteiger partial charge in [-0.2, -0.15) is 0 Å². The number of hydrogen-bond donors (Lipinski definition) is 2. The molecule has 2 N–H and O–H groups in total. The number of aliphatic hydroxyl groups is 1. The van der Waals surface area contributed by atoms with Gasteiger partial charge in [-0.05, 0) is 35.4 Å². The maximum Gasteiger partial charge on any atom is 0.146 e. The van der Waals surface area contributed by atoms with Crippen LogP contribution in [0.2, 0.25) is 0 Å². The molecule has 0 saturated heterocycles. The van der Waals surface area contributed by atoms with Gasteiger partial charge in [0.1, 0.15) is 11.9 Å². The van der Waals surface area contributed by atoms with Crippen LogP contribution in [0.1, 0.15) is 17.2 Å². The number of benzene rings is 3. The van der Waals surface area contributed by atoms with Gasteiger partial charge in [-0.15, -0.1) is 0 Å². The van der Waals surface area contributed by atoms with Crippen molar-refractivity contribution in [2.24, 2.45) is 0 Å². The fourth-order valence-corrected chi connectivity index (χ4v) is 2.31. The van der Waals surface area contributed by atoms with Crippen LogP contribution in [0, 0.1) is 5.82 Å². The molecule has 0 bridgehead atoms. The maximum absolute atomic E-state index is 14.0. The van der Waals surface area contributed by atoms with E-state index in [1.807, 2.05) is 60.7 Å². The smallest absolute Gasteiger partial charge is 0.146 e. The molecule has 0 heterocycles. The van der Waals surface area contributed by atoms with Gasteiger partial charge in [0.25, 0.3) is 0 Å². The molecule has 0 aliphatic rings. The van der Waals surface area contributed by atoms with Crippen LogP contribution in [0.25, 0.3) is 0 Å². The van der Waals surface area contributed by atoms with Gasteiger partial charge in [0, 0.05) is 5.69 Å². The minimum atomic E-state index is -0.780. The van der Waals surface area contributed by atoms with Gasteiger partial charge in [-0.3, -0.25) is 0 Å². The molecule has 1 atom stereocenters. The maximum atomic E-state index is 14.0. The molecule has 0 radical (unpaired) electrons. The van der Waals surface area contributed by atoms with Gasteiger partial charge in [0.05, 0.1) is 5.69 Å². The number of rotatable bonds is 4. The number of hydrogen-bond acceptors (Lipinski definition) is 2. The number of nitrogens with one attached hydrogen (secondary N) is 1. The van der Waals surface area contributed by atoms with E-state index in [0.717, 1.165) is 11.3 Å². The summed E-state index contributed by atoms with van der Waals surface area (Å²) in [6.07, 6.45) is -0.780. The zero-order valence-electron chi connectivity index (χ0n) is 11.9. The fraction of sp³-hybridized carbons (Fsp3) is 0.0526. The highest BCUT2D eigenvalue weighted by Gasteiger charge is 2.12. The van der Waals surface area contributed by atoms with E-state index < -0.39 is 6.10 Å². The predicted molar refractivity (Wildman–Crippen MR) is 86.6 cm³/mol. The van der Waals surface area contributed by atoms with Crippen molar-refractivity contribution in [2.45, 2.75) is 6.10 Å². The molecular weight excluding hydrogens is 277 g/mol. The summed E-state index contributed by atoms with van der Waals surface area (Å²) >= 11 is 0. The Hall–Kier alpha value is -2.65. The average molecular weight is 293 g/mol. The largest absolute Gasteiger partial charge is 0.384 e. The number of anilines is 2. The molecule has 3 heteroatoms. The van der Waals surface area contributed by atoms with Crippen molar-refractivity contribution in [1.82, 2.24) is 0 Å². The van der Waals surface area contributed by atoms with Gasteiger partial charge in [-0.1, -0.05) is 54.6 Å². The van der Waals surface area contributed by atoms with Crippen LogP contribution in [-0.4, -0.2) is 5.11 Å². The van der Waals surface area contributed by atoms with Crippen molar-refractivity contribution >= 4 is 11.4 Å². The predicted octanol–water partition coefficient (Wildman–Crippen LogP) is 4.65.